The van der Waals surface area contributed by atoms with Crippen LogP contribution in [0.2, 0.25) is 0 Å². The molecule has 2 heterocycles. The van der Waals surface area contributed by atoms with E-state index in [0.29, 0.717) is 16.7 Å². The van der Waals surface area contributed by atoms with Crippen molar-refractivity contribution in [2.45, 2.75) is 13.3 Å². The van der Waals surface area contributed by atoms with Gasteiger partial charge in [0.15, 0.2) is 0 Å². The Morgan fingerprint density at radius 3 is 3.00 bits per heavy atom. The van der Waals surface area contributed by atoms with Crippen LogP contribution in [0.5, 0.6) is 0 Å². The Hall–Kier alpha value is -1.12. The molecule has 8 heteroatoms. The maximum Gasteiger partial charge on any atom is 0.233 e. The molecule has 1 amide bonds. The van der Waals surface area contributed by atoms with E-state index in [1.807, 2.05) is 12.1 Å². The highest BCUT2D eigenvalue weighted by Gasteiger charge is 2.05. The largest absolute Gasteiger partial charge is 0.300 e. The Morgan fingerprint density at radius 1 is 1.50 bits per heavy atom. The number of carbonyl (C=O) groups excluding carboxylic acids is 1. The second-order valence-electron chi connectivity index (χ2n) is 3.19. The number of nitrogens with one attached hydrogen (secondary N) is 1. The quantitative estimate of drug-likeness (QED) is 0.863. The molecule has 0 bridgehead atoms. The van der Waals surface area contributed by atoms with E-state index in [4.69, 9.17) is 0 Å². The van der Waals surface area contributed by atoms with Gasteiger partial charge in [0.05, 0.1) is 3.79 Å². The molecule has 94 valence electrons. The molecule has 0 saturated carbocycles. The van der Waals surface area contributed by atoms with Crippen molar-refractivity contribution in [2.75, 3.05) is 5.32 Å². The summed E-state index contributed by atoms with van der Waals surface area (Å²) in [5.74, 6) is -0.0798. The molecule has 0 aliphatic rings. The smallest absolute Gasteiger partial charge is 0.233 e. The van der Waals surface area contributed by atoms with E-state index in [2.05, 4.69) is 36.4 Å². The molecule has 2 aromatic rings. The van der Waals surface area contributed by atoms with E-state index < -0.39 is 0 Å². The van der Waals surface area contributed by atoms with E-state index in [-0.39, 0.29) is 5.91 Å². The molecule has 0 fully saturated rings. The van der Waals surface area contributed by atoms with Gasteiger partial charge in [0, 0.05) is 17.5 Å². The fourth-order valence-electron chi connectivity index (χ4n) is 1.04. The van der Waals surface area contributed by atoms with Crippen LogP contribution in [0.3, 0.4) is 0 Å². The summed E-state index contributed by atoms with van der Waals surface area (Å²) >= 11 is 6.21. The van der Waals surface area contributed by atoms with Crippen LogP contribution in [-0.2, 0) is 4.79 Å². The summed E-state index contributed by atoms with van der Waals surface area (Å²) in [6.45, 7) is 1.78. The number of nitrogens with zero attached hydrogens (tertiary/aromatic N) is 3. The van der Waals surface area contributed by atoms with E-state index in [1.165, 1.54) is 11.3 Å². The first kappa shape index (κ1) is 13.3. The number of aliphatic imine (C=N–C) groups is 1. The average molecular weight is 345 g/mol. The molecule has 0 aromatic carbocycles. The van der Waals surface area contributed by atoms with Crippen molar-refractivity contribution < 1.29 is 4.79 Å². The molecule has 0 saturated heterocycles. The van der Waals surface area contributed by atoms with Crippen molar-refractivity contribution in [3.05, 3.63) is 20.8 Å². The fourth-order valence-corrected chi connectivity index (χ4v) is 2.94. The van der Waals surface area contributed by atoms with Crippen LogP contribution in [0.1, 0.15) is 18.2 Å². The first-order valence-corrected chi connectivity index (χ1v) is 7.52. The molecule has 2 aromatic heterocycles. The molecular formula is C10H9BrN4OS2. The lowest BCUT2D eigenvalue weighted by molar-refractivity contribution is -0.115. The van der Waals surface area contributed by atoms with Gasteiger partial charge in [0.1, 0.15) is 0 Å². The minimum atomic E-state index is -0.0798. The summed E-state index contributed by atoms with van der Waals surface area (Å²) in [5, 5.41) is 11.3. The van der Waals surface area contributed by atoms with Crippen molar-refractivity contribution in [3.63, 3.8) is 0 Å². The van der Waals surface area contributed by atoms with Crippen LogP contribution >= 0.6 is 38.6 Å². The second kappa shape index (κ2) is 6.17. The third-order valence-electron chi connectivity index (χ3n) is 1.88. The third kappa shape index (κ3) is 3.69. The Balaban J connectivity index is 2.02. The van der Waals surface area contributed by atoms with Crippen LogP contribution < -0.4 is 5.32 Å². The molecule has 0 radical (unpaired) electrons. The third-order valence-corrected chi connectivity index (χ3v) is 4.18. The first-order chi connectivity index (χ1) is 8.67. The number of thiophene rings is 1. The van der Waals surface area contributed by atoms with E-state index in [9.17, 15) is 4.79 Å². The van der Waals surface area contributed by atoms with Gasteiger partial charge >= 0.3 is 0 Å². The van der Waals surface area contributed by atoms with Crippen molar-refractivity contribution in [3.8, 4) is 0 Å². The van der Waals surface area contributed by atoms with E-state index >= 15 is 0 Å². The zero-order chi connectivity index (χ0) is 13.0. The highest BCUT2D eigenvalue weighted by molar-refractivity contribution is 9.11. The zero-order valence-electron chi connectivity index (χ0n) is 9.38. The minimum absolute atomic E-state index is 0.0798. The molecule has 5 nitrogen and oxygen atoms in total. The molecule has 0 unspecified atom stereocenters. The Kier molecular flexibility index (Phi) is 4.56. The molecule has 2 rings (SSSR count). The molecule has 0 spiro atoms. The van der Waals surface area contributed by atoms with Gasteiger partial charge in [-0.15, -0.1) is 21.5 Å². The monoisotopic (exact) mass is 344 g/mol. The van der Waals surface area contributed by atoms with Crippen LogP contribution in [0.15, 0.2) is 20.9 Å². The van der Waals surface area contributed by atoms with Crippen molar-refractivity contribution in [1.29, 1.82) is 0 Å². The van der Waals surface area contributed by atoms with Gasteiger partial charge in [-0.05, 0) is 28.1 Å². The standard InChI is InChI=1S/C10H9BrN4OS2/c1-2-8(16)13-10-15-14-9(18-10)12-5-6-3-4-7(11)17-6/h3-5H,2H2,1H3,(H,13,15,16). The van der Waals surface area contributed by atoms with Gasteiger partial charge in [-0.1, -0.05) is 18.3 Å². The number of hydrogen-bond acceptors (Lipinski definition) is 6. The van der Waals surface area contributed by atoms with Crippen molar-refractivity contribution in [2.24, 2.45) is 4.99 Å². The Labute approximate surface area is 120 Å². The van der Waals surface area contributed by atoms with E-state index in [0.717, 1.165) is 8.66 Å². The summed E-state index contributed by atoms with van der Waals surface area (Å²) in [5.41, 5.74) is 0. The zero-order valence-corrected chi connectivity index (χ0v) is 12.6. The van der Waals surface area contributed by atoms with Crippen LogP contribution in [-0.4, -0.2) is 22.3 Å². The number of rotatable bonds is 4. The number of amides is 1. The van der Waals surface area contributed by atoms with Gasteiger partial charge < -0.3 is 5.32 Å². The summed E-state index contributed by atoms with van der Waals surface area (Å²) < 4.78 is 1.05. The van der Waals surface area contributed by atoms with Gasteiger partial charge in [0.2, 0.25) is 16.2 Å². The van der Waals surface area contributed by atoms with Crippen molar-refractivity contribution >= 4 is 61.0 Å². The van der Waals surface area contributed by atoms with Gasteiger partial charge in [-0.25, -0.2) is 4.99 Å². The van der Waals surface area contributed by atoms with Crippen LogP contribution in [0.4, 0.5) is 10.3 Å². The van der Waals surface area contributed by atoms with Crippen molar-refractivity contribution in [1.82, 2.24) is 10.2 Å². The Bertz CT molecular complexity index is 578. The number of aromatic nitrogens is 2. The fraction of sp³-hybridized carbons (Fsp3) is 0.200. The highest BCUT2D eigenvalue weighted by atomic mass is 79.9. The number of anilines is 1. The minimum Gasteiger partial charge on any atom is -0.300 e. The first-order valence-electron chi connectivity index (χ1n) is 5.10. The van der Waals surface area contributed by atoms with Gasteiger partial charge in [0.25, 0.3) is 0 Å². The number of halogens is 1. The van der Waals surface area contributed by atoms with Gasteiger partial charge in [-0.2, -0.15) is 0 Å². The second-order valence-corrected chi connectivity index (χ2v) is 6.64. The number of hydrogen-bond donors (Lipinski definition) is 1. The topological polar surface area (TPSA) is 67.2 Å². The molecule has 18 heavy (non-hydrogen) atoms. The molecule has 0 atom stereocenters. The van der Waals surface area contributed by atoms with Gasteiger partial charge in [-0.3, -0.25) is 4.79 Å². The lowest BCUT2D eigenvalue weighted by Crippen LogP contribution is -2.08. The Morgan fingerprint density at radius 2 is 2.33 bits per heavy atom. The average Bonchev–Trinajstić information content (AvgIpc) is 2.96. The maximum atomic E-state index is 11.2. The molecular weight excluding hydrogens is 336 g/mol. The highest BCUT2D eigenvalue weighted by Crippen LogP contribution is 2.24. The number of carbonyl (C=O) groups is 1. The molecule has 0 aliphatic carbocycles. The summed E-state index contributed by atoms with van der Waals surface area (Å²) in [7, 11) is 0. The molecule has 1 N–H and O–H groups in total. The summed E-state index contributed by atoms with van der Waals surface area (Å²) in [4.78, 5) is 16.4. The van der Waals surface area contributed by atoms with Crippen LogP contribution in [0, 0.1) is 0 Å². The maximum absolute atomic E-state index is 11.2. The SMILES string of the molecule is CCC(=O)Nc1nnc(N=Cc2ccc(Br)s2)s1. The summed E-state index contributed by atoms with van der Waals surface area (Å²) in [6.07, 6.45) is 2.14. The predicted octanol–water partition coefficient (Wildman–Crippen LogP) is 3.46. The lowest BCUT2D eigenvalue weighted by Gasteiger charge is -1.93. The summed E-state index contributed by atoms with van der Waals surface area (Å²) in [6, 6.07) is 3.91. The van der Waals surface area contributed by atoms with E-state index in [1.54, 1.807) is 24.5 Å². The molecule has 0 aliphatic heterocycles. The lowest BCUT2D eigenvalue weighted by atomic mass is 10.5. The van der Waals surface area contributed by atoms with Crippen LogP contribution in [0.25, 0.3) is 0 Å². The predicted molar refractivity (Wildman–Crippen MR) is 78.1 cm³/mol. The normalized spacial score (nSPS) is 11.0.